The van der Waals surface area contributed by atoms with Crippen molar-refractivity contribution >= 4 is 23.3 Å². The molecule has 0 bridgehead atoms. The lowest BCUT2D eigenvalue weighted by atomic mass is 9.98. The fourth-order valence-corrected chi connectivity index (χ4v) is 3.59. The number of carbonyl (C=O) groups excluding carboxylic acids is 2. The van der Waals surface area contributed by atoms with Crippen molar-refractivity contribution in [2.45, 2.75) is 52.1 Å². The van der Waals surface area contributed by atoms with Crippen LogP contribution in [0.1, 0.15) is 62.1 Å². The van der Waals surface area contributed by atoms with Crippen molar-refractivity contribution in [2.75, 3.05) is 6.54 Å². The lowest BCUT2D eigenvalue weighted by Gasteiger charge is -2.16. The van der Waals surface area contributed by atoms with Gasteiger partial charge in [-0.05, 0) is 36.3 Å². The van der Waals surface area contributed by atoms with Crippen molar-refractivity contribution in [2.24, 2.45) is 0 Å². The van der Waals surface area contributed by atoms with Gasteiger partial charge in [-0.15, -0.1) is 11.3 Å². The van der Waals surface area contributed by atoms with Crippen LogP contribution in [0.4, 0.5) is 4.79 Å². The minimum absolute atomic E-state index is 0.0367. The Labute approximate surface area is 165 Å². The molecule has 1 heterocycles. The summed E-state index contributed by atoms with van der Waals surface area (Å²) >= 11 is 1.67. The van der Waals surface area contributed by atoms with Gasteiger partial charge in [0.25, 0.3) is 5.91 Å². The fourth-order valence-electron chi connectivity index (χ4n) is 2.74. The van der Waals surface area contributed by atoms with Crippen LogP contribution in [-0.4, -0.2) is 24.5 Å². The summed E-state index contributed by atoms with van der Waals surface area (Å²) < 4.78 is 0. The van der Waals surface area contributed by atoms with Gasteiger partial charge in [-0.1, -0.05) is 51.1 Å². The van der Waals surface area contributed by atoms with Crippen LogP contribution in [0.15, 0.2) is 41.8 Å². The smallest absolute Gasteiger partial charge is 0.321 e. The van der Waals surface area contributed by atoms with Crippen molar-refractivity contribution in [1.29, 1.82) is 0 Å². The number of carbonyl (C=O) groups is 2. The molecule has 27 heavy (non-hydrogen) atoms. The first-order chi connectivity index (χ1) is 12.9. The molecular weight excluding hydrogens is 358 g/mol. The van der Waals surface area contributed by atoms with Gasteiger partial charge in [-0.2, -0.15) is 0 Å². The molecule has 1 aromatic carbocycles. The summed E-state index contributed by atoms with van der Waals surface area (Å²) in [6, 6.07) is 12.3. The van der Waals surface area contributed by atoms with E-state index in [9.17, 15) is 9.59 Å². The second-order valence-electron chi connectivity index (χ2n) is 7.09. The lowest BCUT2D eigenvalue weighted by molar-refractivity contribution is -0.676. The molecular formula is C21H30N3O2S+. The second kappa shape index (κ2) is 10.2. The molecule has 0 spiro atoms. The van der Waals surface area contributed by atoms with Crippen molar-refractivity contribution in [3.05, 3.63) is 57.8 Å². The Morgan fingerprint density at radius 1 is 1.07 bits per heavy atom. The van der Waals surface area contributed by atoms with E-state index in [0.717, 1.165) is 12.0 Å². The number of imide groups is 1. The van der Waals surface area contributed by atoms with Gasteiger partial charge in [0.2, 0.25) is 0 Å². The van der Waals surface area contributed by atoms with Crippen LogP contribution in [0, 0.1) is 0 Å². The van der Waals surface area contributed by atoms with E-state index in [2.05, 4.69) is 54.8 Å². The standard InChI is InChI=1S/C21H29N3O2S/c1-5-15(4)23-21(26)24-19(25)13-22-20(18-7-6-12-27-18)17-10-8-16(9-11-17)14(2)3/h6-12,14-15,20,22H,5,13H2,1-4H3,(H2,23,24,25,26)/p+1/t15-,20-/m0/s1. The molecule has 0 unspecified atom stereocenters. The van der Waals surface area contributed by atoms with Crippen LogP contribution in [-0.2, 0) is 4.79 Å². The van der Waals surface area contributed by atoms with Gasteiger partial charge in [0.05, 0.1) is 4.88 Å². The maximum atomic E-state index is 12.2. The maximum Gasteiger partial charge on any atom is 0.321 e. The molecule has 0 radical (unpaired) electrons. The van der Waals surface area contributed by atoms with Crippen molar-refractivity contribution in [3.8, 4) is 0 Å². The molecule has 0 saturated carbocycles. The average Bonchev–Trinajstić information content (AvgIpc) is 3.16. The molecule has 6 heteroatoms. The third-order valence-corrected chi connectivity index (χ3v) is 5.55. The number of quaternary nitrogens is 1. The summed E-state index contributed by atoms with van der Waals surface area (Å²) in [4.78, 5) is 25.2. The molecule has 0 fully saturated rings. The predicted octanol–water partition coefficient (Wildman–Crippen LogP) is 3.15. The van der Waals surface area contributed by atoms with Crippen LogP contribution in [0.2, 0.25) is 0 Å². The summed E-state index contributed by atoms with van der Waals surface area (Å²) in [5.74, 6) is 0.189. The molecule has 0 aliphatic rings. The second-order valence-corrected chi connectivity index (χ2v) is 8.06. The summed E-state index contributed by atoms with van der Waals surface area (Å²) in [5, 5.41) is 9.16. The van der Waals surface area contributed by atoms with E-state index in [-0.39, 0.29) is 24.5 Å². The largest absolute Gasteiger partial charge is 0.335 e. The average molecular weight is 389 g/mol. The molecule has 0 aliphatic carbocycles. The molecule has 2 aromatic rings. The van der Waals surface area contributed by atoms with E-state index in [1.807, 2.05) is 30.6 Å². The Balaban J connectivity index is 2.01. The predicted molar refractivity (Wildman–Crippen MR) is 110 cm³/mol. The van der Waals surface area contributed by atoms with E-state index in [1.165, 1.54) is 10.4 Å². The first-order valence-electron chi connectivity index (χ1n) is 9.47. The minimum atomic E-state index is -0.434. The van der Waals surface area contributed by atoms with E-state index >= 15 is 0 Å². The maximum absolute atomic E-state index is 12.2. The number of benzene rings is 1. The number of nitrogens with two attached hydrogens (primary N) is 1. The fraction of sp³-hybridized carbons (Fsp3) is 0.429. The molecule has 1 aromatic heterocycles. The van der Waals surface area contributed by atoms with Gasteiger partial charge in [-0.3, -0.25) is 10.1 Å². The van der Waals surface area contributed by atoms with Crippen LogP contribution in [0.25, 0.3) is 0 Å². The third-order valence-electron chi connectivity index (χ3n) is 4.59. The van der Waals surface area contributed by atoms with Crippen LogP contribution in [0.5, 0.6) is 0 Å². The quantitative estimate of drug-likeness (QED) is 0.650. The molecule has 0 aliphatic heterocycles. The van der Waals surface area contributed by atoms with Gasteiger partial charge in [0.1, 0.15) is 6.04 Å². The van der Waals surface area contributed by atoms with E-state index in [1.54, 1.807) is 11.3 Å². The molecule has 2 atom stereocenters. The van der Waals surface area contributed by atoms with Gasteiger partial charge in [0.15, 0.2) is 6.54 Å². The summed E-state index contributed by atoms with van der Waals surface area (Å²) in [6.45, 7) is 8.42. The Kier molecular flexibility index (Phi) is 8.00. The summed E-state index contributed by atoms with van der Waals surface area (Å²) in [6.07, 6.45) is 0.820. The Bertz CT molecular complexity index is 726. The Morgan fingerprint density at radius 3 is 2.30 bits per heavy atom. The minimum Gasteiger partial charge on any atom is -0.335 e. The number of thiophene rings is 1. The number of nitrogens with one attached hydrogen (secondary N) is 2. The summed E-state index contributed by atoms with van der Waals surface area (Å²) in [5.41, 5.74) is 2.45. The molecule has 5 nitrogen and oxygen atoms in total. The van der Waals surface area contributed by atoms with Crippen LogP contribution < -0.4 is 16.0 Å². The summed E-state index contributed by atoms with van der Waals surface area (Å²) in [7, 11) is 0. The Hall–Kier alpha value is -2.18. The number of amides is 3. The highest BCUT2D eigenvalue weighted by molar-refractivity contribution is 7.10. The Morgan fingerprint density at radius 2 is 1.74 bits per heavy atom. The molecule has 146 valence electrons. The normalized spacial score (nSPS) is 13.2. The molecule has 2 rings (SSSR count). The highest BCUT2D eigenvalue weighted by atomic mass is 32.1. The van der Waals surface area contributed by atoms with Gasteiger partial charge >= 0.3 is 6.03 Å². The SMILES string of the molecule is CC[C@H](C)NC(=O)NC(=O)C[NH2+][C@@H](c1ccc(C(C)C)cc1)c1cccs1. The topological polar surface area (TPSA) is 74.8 Å². The zero-order valence-corrected chi connectivity index (χ0v) is 17.3. The van der Waals surface area contributed by atoms with Gasteiger partial charge in [-0.25, -0.2) is 4.79 Å². The number of hydrogen-bond donors (Lipinski definition) is 3. The van der Waals surface area contributed by atoms with E-state index < -0.39 is 6.03 Å². The van der Waals surface area contributed by atoms with Crippen molar-refractivity contribution in [3.63, 3.8) is 0 Å². The monoisotopic (exact) mass is 388 g/mol. The zero-order chi connectivity index (χ0) is 19.8. The lowest BCUT2D eigenvalue weighted by Crippen LogP contribution is -2.87. The first kappa shape index (κ1) is 21.1. The van der Waals surface area contributed by atoms with Crippen molar-refractivity contribution < 1.29 is 14.9 Å². The highest BCUT2D eigenvalue weighted by Crippen LogP contribution is 2.24. The number of urea groups is 1. The molecule has 3 amide bonds. The number of rotatable bonds is 8. The molecule has 4 N–H and O–H groups in total. The van der Waals surface area contributed by atoms with Gasteiger partial charge in [0, 0.05) is 11.6 Å². The van der Waals surface area contributed by atoms with Crippen LogP contribution in [0.3, 0.4) is 0 Å². The highest BCUT2D eigenvalue weighted by Gasteiger charge is 2.21. The zero-order valence-electron chi connectivity index (χ0n) is 16.5. The van der Waals surface area contributed by atoms with Crippen molar-refractivity contribution in [1.82, 2.24) is 10.6 Å². The number of hydrogen-bond acceptors (Lipinski definition) is 3. The molecule has 0 saturated heterocycles. The van der Waals surface area contributed by atoms with E-state index in [0.29, 0.717) is 5.92 Å². The van der Waals surface area contributed by atoms with Crippen LogP contribution >= 0.6 is 11.3 Å². The van der Waals surface area contributed by atoms with E-state index in [4.69, 9.17) is 0 Å². The third kappa shape index (κ3) is 6.48. The van der Waals surface area contributed by atoms with Gasteiger partial charge < -0.3 is 10.6 Å². The first-order valence-corrected chi connectivity index (χ1v) is 10.4.